The van der Waals surface area contributed by atoms with Gasteiger partial charge in [-0.1, -0.05) is 34.1 Å². The SMILES string of the molecule is Cc1c(Br)cccc1NS(=O)(=O)Cc1ccc(C#N)cc1. The first kappa shape index (κ1) is 15.5. The Morgan fingerprint density at radius 1 is 1.19 bits per heavy atom. The highest BCUT2D eigenvalue weighted by Gasteiger charge is 2.13. The number of nitriles is 1. The van der Waals surface area contributed by atoms with Crippen LogP contribution < -0.4 is 4.72 Å². The van der Waals surface area contributed by atoms with Crippen LogP contribution >= 0.6 is 15.9 Å². The van der Waals surface area contributed by atoms with E-state index in [0.717, 1.165) is 10.0 Å². The molecule has 0 saturated carbocycles. The fraction of sp³-hybridized carbons (Fsp3) is 0.133. The van der Waals surface area contributed by atoms with Crippen LogP contribution in [0.5, 0.6) is 0 Å². The van der Waals surface area contributed by atoms with E-state index in [1.165, 1.54) is 0 Å². The van der Waals surface area contributed by atoms with E-state index in [2.05, 4.69) is 20.7 Å². The molecule has 0 saturated heterocycles. The first-order valence-corrected chi connectivity index (χ1v) is 8.60. The molecule has 21 heavy (non-hydrogen) atoms. The number of nitrogens with one attached hydrogen (secondary N) is 1. The normalized spacial score (nSPS) is 10.9. The first-order chi connectivity index (χ1) is 9.91. The van der Waals surface area contributed by atoms with Gasteiger partial charge in [-0.15, -0.1) is 0 Å². The van der Waals surface area contributed by atoms with Crippen molar-refractivity contribution in [1.82, 2.24) is 0 Å². The minimum Gasteiger partial charge on any atom is -0.283 e. The minimum atomic E-state index is -3.50. The van der Waals surface area contributed by atoms with E-state index in [1.807, 2.05) is 19.1 Å². The number of sulfonamides is 1. The molecular weight excluding hydrogens is 352 g/mol. The molecule has 0 aliphatic rings. The molecule has 0 aliphatic carbocycles. The van der Waals surface area contributed by atoms with Crippen molar-refractivity contribution in [3.8, 4) is 6.07 Å². The first-order valence-electron chi connectivity index (χ1n) is 6.16. The van der Waals surface area contributed by atoms with Gasteiger partial charge in [-0.2, -0.15) is 5.26 Å². The molecule has 0 aliphatic heterocycles. The second kappa shape index (κ2) is 6.29. The highest BCUT2D eigenvalue weighted by Crippen LogP contribution is 2.24. The molecule has 108 valence electrons. The number of benzene rings is 2. The van der Waals surface area contributed by atoms with E-state index >= 15 is 0 Å². The highest BCUT2D eigenvalue weighted by atomic mass is 79.9. The van der Waals surface area contributed by atoms with Gasteiger partial charge in [0, 0.05) is 4.47 Å². The lowest BCUT2D eigenvalue weighted by Gasteiger charge is -2.11. The molecule has 0 heterocycles. The van der Waals surface area contributed by atoms with Crippen LogP contribution in [0.4, 0.5) is 5.69 Å². The van der Waals surface area contributed by atoms with Gasteiger partial charge in [-0.25, -0.2) is 8.42 Å². The summed E-state index contributed by atoms with van der Waals surface area (Å²) in [5, 5.41) is 8.73. The van der Waals surface area contributed by atoms with Crippen LogP contribution in [0.15, 0.2) is 46.9 Å². The number of anilines is 1. The van der Waals surface area contributed by atoms with Gasteiger partial charge in [0.2, 0.25) is 10.0 Å². The quantitative estimate of drug-likeness (QED) is 0.901. The Balaban J connectivity index is 2.18. The summed E-state index contributed by atoms with van der Waals surface area (Å²) in [6, 6.07) is 13.8. The summed E-state index contributed by atoms with van der Waals surface area (Å²) in [7, 11) is -3.50. The third-order valence-corrected chi connectivity index (χ3v) is 5.08. The van der Waals surface area contributed by atoms with E-state index < -0.39 is 10.0 Å². The number of nitrogens with zero attached hydrogens (tertiary/aromatic N) is 1. The maximum atomic E-state index is 12.2. The zero-order valence-corrected chi connectivity index (χ0v) is 13.7. The molecule has 0 spiro atoms. The van der Waals surface area contributed by atoms with E-state index in [1.54, 1.807) is 36.4 Å². The average Bonchev–Trinajstić information content (AvgIpc) is 2.44. The van der Waals surface area contributed by atoms with E-state index in [9.17, 15) is 8.42 Å². The van der Waals surface area contributed by atoms with Crippen LogP contribution in [0.25, 0.3) is 0 Å². The summed E-state index contributed by atoms with van der Waals surface area (Å²) in [5.41, 5.74) is 2.53. The Kier molecular flexibility index (Phi) is 4.66. The summed E-state index contributed by atoms with van der Waals surface area (Å²) in [5.74, 6) is -0.134. The smallest absolute Gasteiger partial charge is 0.236 e. The maximum Gasteiger partial charge on any atom is 0.236 e. The van der Waals surface area contributed by atoms with Crippen LogP contribution in [0.3, 0.4) is 0 Å². The second-order valence-electron chi connectivity index (χ2n) is 4.58. The molecule has 1 N–H and O–H groups in total. The van der Waals surface area contributed by atoms with Crippen molar-refractivity contribution >= 4 is 31.6 Å². The summed E-state index contributed by atoms with van der Waals surface area (Å²) in [6.07, 6.45) is 0. The van der Waals surface area contributed by atoms with E-state index in [-0.39, 0.29) is 5.75 Å². The topological polar surface area (TPSA) is 70.0 Å². The maximum absolute atomic E-state index is 12.2. The van der Waals surface area contributed by atoms with Crippen LogP contribution in [0, 0.1) is 18.3 Å². The Morgan fingerprint density at radius 2 is 1.86 bits per heavy atom. The third kappa shape index (κ3) is 4.06. The van der Waals surface area contributed by atoms with Crippen molar-refractivity contribution in [2.75, 3.05) is 4.72 Å². The van der Waals surface area contributed by atoms with Crippen LogP contribution in [0.2, 0.25) is 0 Å². The standard InChI is InChI=1S/C15H13BrN2O2S/c1-11-14(16)3-2-4-15(11)18-21(19,20)10-13-7-5-12(9-17)6-8-13/h2-8,18H,10H2,1H3. The molecule has 0 aromatic heterocycles. The molecule has 0 unspecified atom stereocenters. The Labute approximate surface area is 132 Å². The molecule has 2 aromatic rings. The van der Waals surface area contributed by atoms with Gasteiger partial charge in [0.15, 0.2) is 0 Å². The average molecular weight is 365 g/mol. The van der Waals surface area contributed by atoms with Gasteiger partial charge < -0.3 is 0 Å². The second-order valence-corrected chi connectivity index (χ2v) is 7.16. The molecule has 0 fully saturated rings. The van der Waals surface area contributed by atoms with Crippen molar-refractivity contribution in [3.05, 3.63) is 63.6 Å². The van der Waals surface area contributed by atoms with Crippen molar-refractivity contribution in [2.24, 2.45) is 0 Å². The lowest BCUT2D eigenvalue weighted by molar-refractivity contribution is 0.600. The fourth-order valence-corrected chi connectivity index (χ4v) is 3.44. The molecule has 0 amide bonds. The van der Waals surface area contributed by atoms with E-state index in [0.29, 0.717) is 16.8 Å². The Bertz CT molecular complexity index is 793. The van der Waals surface area contributed by atoms with Gasteiger partial charge in [0.1, 0.15) is 0 Å². The number of hydrogen-bond donors (Lipinski definition) is 1. The van der Waals surface area contributed by atoms with Crippen molar-refractivity contribution in [1.29, 1.82) is 5.26 Å². The summed E-state index contributed by atoms with van der Waals surface area (Å²) < 4.78 is 27.8. The van der Waals surface area contributed by atoms with Crippen LogP contribution in [-0.2, 0) is 15.8 Å². The highest BCUT2D eigenvalue weighted by molar-refractivity contribution is 9.10. The molecule has 4 nitrogen and oxygen atoms in total. The van der Waals surface area contributed by atoms with Crippen molar-refractivity contribution in [2.45, 2.75) is 12.7 Å². The molecule has 2 rings (SSSR count). The largest absolute Gasteiger partial charge is 0.283 e. The molecule has 0 bridgehead atoms. The lowest BCUT2D eigenvalue weighted by Crippen LogP contribution is -2.15. The number of halogens is 1. The molecular formula is C15H13BrN2O2S. The van der Waals surface area contributed by atoms with Gasteiger partial charge in [0.05, 0.1) is 23.1 Å². The van der Waals surface area contributed by atoms with Crippen molar-refractivity contribution < 1.29 is 8.42 Å². The zero-order valence-electron chi connectivity index (χ0n) is 11.3. The Morgan fingerprint density at radius 3 is 2.48 bits per heavy atom. The van der Waals surface area contributed by atoms with Gasteiger partial charge in [0.25, 0.3) is 0 Å². The molecule has 2 aromatic carbocycles. The molecule has 0 atom stereocenters. The van der Waals surface area contributed by atoms with E-state index in [4.69, 9.17) is 5.26 Å². The van der Waals surface area contributed by atoms with Gasteiger partial charge in [-0.05, 0) is 42.3 Å². The zero-order chi connectivity index (χ0) is 15.5. The van der Waals surface area contributed by atoms with Crippen molar-refractivity contribution in [3.63, 3.8) is 0 Å². The lowest BCUT2D eigenvalue weighted by atomic mass is 10.2. The third-order valence-electron chi connectivity index (χ3n) is 2.97. The Hall–Kier alpha value is -1.84. The molecule has 6 heteroatoms. The van der Waals surface area contributed by atoms with Crippen LogP contribution in [0.1, 0.15) is 16.7 Å². The molecule has 0 radical (unpaired) electrons. The van der Waals surface area contributed by atoms with Crippen LogP contribution in [-0.4, -0.2) is 8.42 Å². The summed E-state index contributed by atoms with van der Waals surface area (Å²) in [4.78, 5) is 0. The van der Waals surface area contributed by atoms with Gasteiger partial charge >= 0.3 is 0 Å². The predicted octanol–water partition coefficient (Wildman–Crippen LogP) is 3.57. The fourth-order valence-electron chi connectivity index (χ4n) is 1.82. The summed E-state index contributed by atoms with van der Waals surface area (Å²) in [6.45, 7) is 1.84. The number of rotatable bonds is 4. The minimum absolute atomic E-state index is 0.134. The summed E-state index contributed by atoms with van der Waals surface area (Å²) >= 11 is 3.37. The monoisotopic (exact) mass is 364 g/mol. The van der Waals surface area contributed by atoms with Gasteiger partial charge in [-0.3, -0.25) is 4.72 Å². The predicted molar refractivity (Wildman–Crippen MR) is 86.3 cm³/mol. The number of hydrogen-bond acceptors (Lipinski definition) is 3.